The molecule has 0 bridgehead atoms. The van der Waals surface area contributed by atoms with Gasteiger partial charge in [0.25, 0.3) is 0 Å². The summed E-state index contributed by atoms with van der Waals surface area (Å²) in [7, 11) is -5.23. The lowest BCUT2D eigenvalue weighted by atomic mass is 9.85. The maximum absolute atomic E-state index is 13.1. The van der Waals surface area contributed by atoms with E-state index < -0.39 is 81.3 Å². The van der Waals surface area contributed by atoms with Crippen molar-refractivity contribution in [3.05, 3.63) is 0 Å². The Hall–Kier alpha value is -0.740. The molecule has 15 heteroatoms. The Bertz CT molecular complexity index is 1040. The number of rotatable bonds is 39. The molecule has 0 aromatic carbocycles. The van der Waals surface area contributed by atoms with Gasteiger partial charge >= 0.3 is 7.82 Å². The van der Waals surface area contributed by atoms with Gasteiger partial charge in [0, 0.05) is 0 Å². The molecule has 0 aromatic rings. The van der Waals surface area contributed by atoms with Crippen molar-refractivity contribution in [3.63, 3.8) is 0 Å². The first-order chi connectivity index (χ1) is 28.3. The van der Waals surface area contributed by atoms with Crippen molar-refractivity contribution in [3.8, 4) is 0 Å². The van der Waals surface area contributed by atoms with Crippen molar-refractivity contribution in [2.24, 2.45) is 0 Å². The molecule has 1 aliphatic rings. The van der Waals surface area contributed by atoms with Gasteiger partial charge in [0.15, 0.2) is 0 Å². The van der Waals surface area contributed by atoms with Crippen LogP contribution in [0.5, 0.6) is 0 Å². The molecule has 0 heterocycles. The van der Waals surface area contributed by atoms with Crippen molar-refractivity contribution in [1.29, 1.82) is 0 Å². The van der Waals surface area contributed by atoms with Crippen molar-refractivity contribution >= 4 is 13.7 Å². The predicted octanol–water partition coefficient (Wildman–Crippen LogP) is 6.62. The second-order valence-electron chi connectivity index (χ2n) is 17.2. The first-order valence-electron chi connectivity index (χ1n) is 23.7. The van der Waals surface area contributed by atoms with Gasteiger partial charge in [0.2, 0.25) is 5.91 Å². The highest BCUT2D eigenvalue weighted by atomic mass is 31.2. The lowest BCUT2D eigenvalue weighted by Crippen LogP contribution is -2.64. The Labute approximate surface area is 356 Å². The Morgan fingerprint density at radius 2 is 0.847 bits per heavy atom. The van der Waals surface area contributed by atoms with Crippen LogP contribution < -0.4 is 5.32 Å². The number of phosphoric ester groups is 1. The maximum Gasteiger partial charge on any atom is 0.472 e. The zero-order chi connectivity index (χ0) is 43.9. The standard InChI is InChI=1S/C44H88NO13P/c1-3-5-7-9-11-13-15-17-19-21-23-25-27-29-31-35(46)37(48)34(33-57-59(55,56)58-43-41(52)39(50)38(49)40(51)42(43)53)45-44(54)36(47)32-30-28-26-24-22-20-18-16-14-12-10-8-6-4-2/h34-43,46-53H,3-33H2,1-2H3,(H,45,54)(H,55,56)/t34-,35+,36?,37-,38?,39+,40?,41?,42?,43?/m0/s1. The van der Waals surface area contributed by atoms with E-state index in [4.69, 9.17) is 9.05 Å². The summed E-state index contributed by atoms with van der Waals surface area (Å²) in [6, 6.07) is -1.47. The molecule has 1 fully saturated rings. The van der Waals surface area contributed by atoms with E-state index in [2.05, 4.69) is 19.2 Å². The minimum atomic E-state index is -5.23. The number of carbonyl (C=O) groups is 1. The van der Waals surface area contributed by atoms with E-state index in [0.29, 0.717) is 12.8 Å². The summed E-state index contributed by atoms with van der Waals surface area (Å²) in [6.45, 7) is 3.57. The number of phosphoric acid groups is 1. The molecule has 1 aliphatic carbocycles. The highest BCUT2D eigenvalue weighted by Gasteiger charge is 2.51. The number of nitrogens with one attached hydrogen (secondary N) is 1. The summed E-state index contributed by atoms with van der Waals surface area (Å²) in [5.74, 6) is -0.858. The smallest absolute Gasteiger partial charge is 0.390 e. The summed E-state index contributed by atoms with van der Waals surface area (Å²) in [5.41, 5.74) is 0. The summed E-state index contributed by atoms with van der Waals surface area (Å²) >= 11 is 0. The van der Waals surface area contributed by atoms with Gasteiger partial charge in [-0.2, -0.15) is 0 Å². The minimum Gasteiger partial charge on any atom is -0.390 e. The number of aliphatic hydroxyl groups excluding tert-OH is 8. The Morgan fingerprint density at radius 1 is 0.525 bits per heavy atom. The van der Waals surface area contributed by atoms with Gasteiger partial charge in [0.1, 0.15) is 48.8 Å². The van der Waals surface area contributed by atoms with Crippen LogP contribution in [-0.4, -0.2) is 119 Å². The van der Waals surface area contributed by atoms with Crippen LogP contribution in [0, 0.1) is 0 Å². The third-order valence-electron chi connectivity index (χ3n) is 11.9. The topological polar surface area (TPSA) is 247 Å². The van der Waals surface area contributed by atoms with E-state index >= 15 is 0 Å². The summed E-state index contributed by atoms with van der Waals surface area (Å²) in [6.07, 6.45) is 16.1. The van der Waals surface area contributed by atoms with Crippen molar-refractivity contribution in [2.75, 3.05) is 6.61 Å². The normalized spacial score (nSPS) is 24.1. The number of carbonyl (C=O) groups excluding carboxylic acids is 1. The molecule has 11 atom stereocenters. The molecule has 1 rings (SSSR count). The SMILES string of the molecule is CCCCCCCCCCCCCCCCC(O)C(=O)N[C@@H](COP(=O)(O)OC1C(O)C(O)C(O)[C@@H](O)C1O)[C@H](O)[C@H](O)CCCCCCCCCCCCCCCC. The van der Waals surface area contributed by atoms with E-state index in [1.807, 2.05) is 0 Å². The quantitative estimate of drug-likeness (QED) is 0.0231. The molecule has 352 valence electrons. The van der Waals surface area contributed by atoms with Crippen LogP contribution in [0.25, 0.3) is 0 Å². The Balaban J connectivity index is 2.59. The molecule has 0 aliphatic heterocycles. The van der Waals surface area contributed by atoms with Gasteiger partial charge in [-0.1, -0.05) is 194 Å². The van der Waals surface area contributed by atoms with Crippen LogP contribution in [-0.2, 0) is 18.4 Å². The van der Waals surface area contributed by atoms with Crippen molar-refractivity contribution in [1.82, 2.24) is 5.32 Å². The summed E-state index contributed by atoms with van der Waals surface area (Å²) in [4.78, 5) is 23.5. The number of hydrogen-bond acceptors (Lipinski definition) is 12. The molecular formula is C44H88NO13P. The van der Waals surface area contributed by atoms with Crippen molar-refractivity contribution < 1.29 is 64.2 Å². The summed E-state index contributed by atoms with van der Waals surface area (Å²) in [5, 5.41) is 85.4. The van der Waals surface area contributed by atoms with Crippen LogP contribution in [0.2, 0.25) is 0 Å². The maximum atomic E-state index is 13.1. The van der Waals surface area contributed by atoms with Crippen LogP contribution >= 0.6 is 7.82 Å². The highest BCUT2D eigenvalue weighted by Crippen LogP contribution is 2.47. The first kappa shape index (κ1) is 56.3. The van der Waals surface area contributed by atoms with Crippen molar-refractivity contribution in [2.45, 2.75) is 267 Å². The molecular weight excluding hydrogens is 781 g/mol. The molecule has 0 radical (unpaired) electrons. The predicted molar refractivity (Wildman–Crippen MR) is 230 cm³/mol. The average molecular weight is 870 g/mol. The molecule has 14 nitrogen and oxygen atoms in total. The van der Waals surface area contributed by atoms with E-state index in [1.54, 1.807) is 0 Å². The molecule has 7 unspecified atom stereocenters. The van der Waals surface area contributed by atoms with Crippen LogP contribution in [0.3, 0.4) is 0 Å². The highest BCUT2D eigenvalue weighted by molar-refractivity contribution is 7.47. The number of hydrogen-bond donors (Lipinski definition) is 10. The largest absolute Gasteiger partial charge is 0.472 e. The Kier molecular flexibility index (Phi) is 33.1. The number of unbranched alkanes of at least 4 members (excludes halogenated alkanes) is 26. The molecule has 1 amide bonds. The second-order valence-corrected chi connectivity index (χ2v) is 18.7. The van der Waals surface area contributed by atoms with E-state index in [1.165, 1.54) is 116 Å². The van der Waals surface area contributed by atoms with E-state index in [9.17, 15) is 55.1 Å². The third-order valence-corrected chi connectivity index (χ3v) is 12.9. The third kappa shape index (κ3) is 25.8. The van der Waals surface area contributed by atoms with Gasteiger partial charge in [0.05, 0.1) is 18.8 Å². The van der Waals surface area contributed by atoms with Gasteiger partial charge < -0.3 is 51.1 Å². The van der Waals surface area contributed by atoms with Gasteiger partial charge in [-0.05, 0) is 12.8 Å². The number of aliphatic hydroxyl groups is 8. The fraction of sp³-hybridized carbons (Fsp3) is 0.977. The van der Waals surface area contributed by atoms with Gasteiger partial charge in [-0.15, -0.1) is 0 Å². The minimum absolute atomic E-state index is 0.157. The zero-order valence-corrected chi connectivity index (χ0v) is 37.7. The van der Waals surface area contributed by atoms with Crippen LogP contribution in [0.15, 0.2) is 0 Å². The molecule has 10 N–H and O–H groups in total. The van der Waals surface area contributed by atoms with Gasteiger partial charge in [-0.25, -0.2) is 4.57 Å². The zero-order valence-electron chi connectivity index (χ0n) is 36.8. The summed E-state index contributed by atoms with van der Waals surface area (Å²) < 4.78 is 22.8. The number of amides is 1. The van der Waals surface area contributed by atoms with Gasteiger partial charge in [-0.3, -0.25) is 13.8 Å². The lowest BCUT2D eigenvalue weighted by Gasteiger charge is -2.41. The van der Waals surface area contributed by atoms with E-state index in [-0.39, 0.29) is 12.8 Å². The van der Waals surface area contributed by atoms with Crippen LogP contribution in [0.1, 0.15) is 206 Å². The lowest BCUT2D eigenvalue weighted by molar-refractivity contribution is -0.220. The molecule has 0 saturated heterocycles. The second kappa shape index (κ2) is 34.7. The fourth-order valence-corrected chi connectivity index (χ4v) is 8.80. The van der Waals surface area contributed by atoms with E-state index in [0.717, 1.165) is 51.4 Å². The fourth-order valence-electron chi connectivity index (χ4n) is 7.84. The molecule has 0 spiro atoms. The molecule has 59 heavy (non-hydrogen) atoms. The Morgan fingerprint density at radius 3 is 1.22 bits per heavy atom. The molecule has 1 saturated carbocycles. The monoisotopic (exact) mass is 870 g/mol. The first-order valence-corrected chi connectivity index (χ1v) is 25.2. The molecule has 0 aromatic heterocycles. The average Bonchev–Trinajstić information content (AvgIpc) is 3.22. The van der Waals surface area contributed by atoms with Crippen LogP contribution in [0.4, 0.5) is 0 Å².